The molecule has 3 aromatic carbocycles. The van der Waals surface area contributed by atoms with Crippen molar-refractivity contribution in [3.8, 4) is 11.5 Å². The number of halogens is 1. The number of hydrogen-bond acceptors (Lipinski definition) is 6. The molecule has 6 nitrogen and oxygen atoms in total. The van der Waals surface area contributed by atoms with Crippen LogP contribution in [0.4, 0.5) is 4.39 Å². The zero-order valence-corrected chi connectivity index (χ0v) is 19.5. The van der Waals surface area contributed by atoms with E-state index in [0.717, 1.165) is 6.07 Å². The van der Waals surface area contributed by atoms with Crippen LogP contribution in [0.25, 0.3) is 24.2 Å². The molecule has 7 heteroatoms. The van der Waals surface area contributed by atoms with E-state index in [-0.39, 0.29) is 63.0 Å². The van der Waals surface area contributed by atoms with E-state index in [0.29, 0.717) is 0 Å². The summed E-state index contributed by atoms with van der Waals surface area (Å²) in [6, 6.07) is 10.7. The second-order valence-corrected chi connectivity index (χ2v) is 7.01. The zero-order chi connectivity index (χ0) is 28.9. The smallest absolute Gasteiger partial charge is 0.341 e. The van der Waals surface area contributed by atoms with E-state index in [1.807, 2.05) is 0 Å². The van der Waals surface area contributed by atoms with Gasteiger partial charge >= 0.3 is 11.9 Å². The summed E-state index contributed by atoms with van der Waals surface area (Å²) < 4.78 is 68.5. The second-order valence-electron chi connectivity index (χ2n) is 7.01. The van der Waals surface area contributed by atoms with Gasteiger partial charge in [-0.1, -0.05) is 48.5 Å². The van der Waals surface area contributed by atoms with Crippen molar-refractivity contribution in [3.05, 3.63) is 93.8 Å². The third-order valence-corrected chi connectivity index (χ3v) is 4.87. The Morgan fingerprint density at radius 2 is 1.11 bits per heavy atom. The van der Waals surface area contributed by atoms with Gasteiger partial charge in [0.25, 0.3) is 0 Å². The highest BCUT2D eigenvalue weighted by molar-refractivity contribution is 5.94. The molecule has 0 atom stereocenters. The van der Waals surface area contributed by atoms with E-state index < -0.39 is 23.8 Å². The molecule has 3 aromatic rings. The van der Waals surface area contributed by atoms with E-state index in [9.17, 15) is 9.59 Å². The van der Waals surface area contributed by atoms with Gasteiger partial charge in [0.1, 0.15) is 28.4 Å². The zero-order valence-electron chi connectivity index (χ0n) is 23.5. The Balaban J connectivity index is 2.02. The van der Waals surface area contributed by atoms with Gasteiger partial charge in [-0.15, -0.1) is 0 Å². The molecule has 0 saturated carbocycles. The van der Waals surface area contributed by atoms with Crippen molar-refractivity contribution in [2.24, 2.45) is 0 Å². The van der Waals surface area contributed by atoms with Crippen LogP contribution in [0, 0.1) is 5.82 Å². The molecule has 3 rings (SSSR count). The van der Waals surface area contributed by atoms with E-state index in [1.165, 1.54) is 77.0 Å². The molecule has 0 amide bonds. The molecule has 0 saturated heterocycles. The van der Waals surface area contributed by atoms with Crippen LogP contribution in [-0.2, 0) is 9.47 Å². The van der Waals surface area contributed by atoms with Gasteiger partial charge in [0.15, 0.2) is 0 Å². The molecule has 0 heterocycles. The Bertz CT molecular complexity index is 1500. The fourth-order valence-corrected chi connectivity index (χ4v) is 3.09. The first-order chi connectivity index (χ1) is 18.6. The van der Waals surface area contributed by atoms with Gasteiger partial charge < -0.3 is 18.9 Å². The molecule has 0 N–H and O–H groups in total. The minimum atomic E-state index is -0.883. The van der Waals surface area contributed by atoms with E-state index >= 15 is 4.39 Å². The normalized spacial score (nSPS) is 13.7. The minimum absolute atomic E-state index is 0.0479. The molecule has 0 aliphatic heterocycles. The van der Waals surface area contributed by atoms with E-state index in [2.05, 4.69) is 0 Å². The standard InChI is InChI=1S/C28H25FO6/c1-32-25-13-9-18(15-22(25)27(30)34-3)5-6-20-8-12-21(24(29)17-20)11-7-19-10-14-26(33-2)23(16-19)28(31)35-4/h5-17H,1-4H3/b6-5+,11-7+/i5D,6D,7D,11D,27+1,28+1. The van der Waals surface area contributed by atoms with Crippen molar-refractivity contribution in [1.82, 2.24) is 0 Å². The van der Waals surface area contributed by atoms with Crippen LogP contribution >= 0.6 is 0 Å². The van der Waals surface area contributed by atoms with Crippen LogP contribution in [0.1, 0.15) is 48.5 Å². The van der Waals surface area contributed by atoms with Crippen LogP contribution in [0.5, 0.6) is 11.5 Å². The molecule has 35 heavy (non-hydrogen) atoms. The summed E-state index contributed by atoms with van der Waals surface area (Å²) in [7, 11) is 5.15. The fourth-order valence-electron chi connectivity index (χ4n) is 3.09. The summed E-state index contributed by atoms with van der Waals surface area (Å²) in [6.07, 6.45) is 0. The Labute approximate surface area is 208 Å². The SMILES string of the molecule is [2H]/C(=C(/[2H])c1ccc(OC)c([13C](=O)OC)c1)c1ccc(/C([2H])=C(\[2H])c2ccc(OC)c([13C](=O)OC)c2)c(F)c1. The van der Waals surface area contributed by atoms with Crippen LogP contribution in [0.3, 0.4) is 0 Å². The lowest BCUT2D eigenvalue weighted by Crippen LogP contribution is -2.04. The summed E-state index contributed by atoms with van der Waals surface area (Å²) in [4.78, 5) is 24.1. The number of carbonyl (C=O) groups is 2. The van der Waals surface area contributed by atoms with Crippen LogP contribution < -0.4 is 9.47 Å². The minimum Gasteiger partial charge on any atom is -0.496 e. The molecule has 0 fully saturated rings. The lowest BCUT2D eigenvalue weighted by atomic mass is 10.1. The predicted octanol–water partition coefficient (Wildman–Crippen LogP) is 5.76. The molecule has 180 valence electrons. The molecule has 0 aliphatic rings. The summed E-state index contributed by atoms with van der Waals surface area (Å²) in [5, 5.41) is 0. The van der Waals surface area contributed by atoms with Crippen molar-refractivity contribution in [3.63, 3.8) is 0 Å². The molecule has 0 radical (unpaired) electrons. The number of benzene rings is 3. The Morgan fingerprint density at radius 1 is 0.686 bits per heavy atom. The summed E-state index contributed by atoms with van der Waals surface area (Å²) >= 11 is 0. The first-order valence-corrected chi connectivity index (χ1v) is 10.3. The maximum absolute atomic E-state index is 15.1. The molecule has 0 bridgehead atoms. The van der Waals surface area contributed by atoms with Crippen molar-refractivity contribution in [2.75, 3.05) is 28.4 Å². The summed E-state index contributed by atoms with van der Waals surface area (Å²) in [5.41, 5.74) is 0.328. The molecule has 0 aliphatic carbocycles. The topological polar surface area (TPSA) is 71.1 Å². The highest BCUT2D eigenvalue weighted by Crippen LogP contribution is 2.24. The molecular formula is C28H25FO6. The lowest BCUT2D eigenvalue weighted by Gasteiger charge is -2.08. The quantitative estimate of drug-likeness (QED) is 0.231. The van der Waals surface area contributed by atoms with E-state index in [1.54, 1.807) is 0 Å². The third kappa shape index (κ3) is 6.14. The largest absolute Gasteiger partial charge is 0.496 e. The van der Waals surface area contributed by atoms with Gasteiger partial charge in [0.05, 0.1) is 33.9 Å². The van der Waals surface area contributed by atoms with Gasteiger partial charge in [0.2, 0.25) is 0 Å². The molecular weight excluding hydrogens is 453 g/mol. The highest BCUT2D eigenvalue weighted by atomic mass is 19.1. The fraction of sp³-hybridized carbons (Fsp3) is 0.143. The van der Waals surface area contributed by atoms with Crippen molar-refractivity contribution >= 4 is 36.1 Å². The van der Waals surface area contributed by atoms with Gasteiger partial charge in [-0.05, 0) is 47.0 Å². The van der Waals surface area contributed by atoms with Crippen LogP contribution in [0.2, 0.25) is 0 Å². The van der Waals surface area contributed by atoms with Crippen molar-refractivity contribution in [1.29, 1.82) is 0 Å². The monoisotopic (exact) mass is 482 g/mol. The van der Waals surface area contributed by atoms with Crippen molar-refractivity contribution < 1.29 is 38.4 Å². The van der Waals surface area contributed by atoms with Crippen LogP contribution in [-0.4, -0.2) is 40.4 Å². The number of esters is 2. The first kappa shape index (κ1) is 20.0. The maximum Gasteiger partial charge on any atom is 0.341 e. The maximum atomic E-state index is 15.1. The van der Waals surface area contributed by atoms with Crippen molar-refractivity contribution in [2.45, 2.75) is 0 Å². The van der Waals surface area contributed by atoms with Crippen LogP contribution in [0.15, 0.2) is 54.6 Å². The predicted molar refractivity (Wildman–Crippen MR) is 133 cm³/mol. The Morgan fingerprint density at radius 3 is 1.54 bits per heavy atom. The summed E-state index contributed by atoms with van der Waals surface area (Å²) in [5.74, 6) is -1.81. The van der Waals surface area contributed by atoms with Gasteiger partial charge in [-0.3, -0.25) is 0 Å². The number of rotatable bonds is 8. The van der Waals surface area contributed by atoms with Gasteiger partial charge in [-0.2, -0.15) is 0 Å². The Kier molecular flexibility index (Phi) is 6.67. The van der Waals surface area contributed by atoms with E-state index in [4.69, 9.17) is 24.4 Å². The number of ether oxygens (including phenoxy) is 4. The lowest BCUT2D eigenvalue weighted by molar-refractivity contribution is 0.0588. The molecule has 0 aromatic heterocycles. The summed E-state index contributed by atoms with van der Waals surface area (Å²) in [6.45, 7) is 0. The number of hydrogen-bond donors (Lipinski definition) is 0. The Hall–Kier alpha value is -4.39. The second kappa shape index (κ2) is 11.7. The molecule has 0 spiro atoms. The number of carbonyl (C=O) groups excluding carboxylic acids is 2. The number of methoxy groups -OCH3 is 4. The average molecular weight is 483 g/mol. The first-order valence-electron chi connectivity index (χ1n) is 12.3. The van der Waals surface area contributed by atoms with Gasteiger partial charge in [-0.25, -0.2) is 14.0 Å². The average Bonchev–Trinajstić information content (AvgIpc) is 2.97. The highest BCUT2D eigenvalue weighted by Gasteiger charge is 2.13. The van der Waals surface area contributed by atoms with Gasteiger partial charge in [0, 0.05) is 5.56 Å². The third-order valence-electron chi connectivity index (χ3n) is 4.87. The molecule has 0 unspecified atom stereocenters.